The van der Waals surface area contributed by atoms with Crippen LogP contribution in [0.15, 0.2) is 71.2 Å². The van der Waals surface area contributed by atoms with Crippen molar-refractivity contribution in [2.24, 2.45) is 0 Å². The van der Waals surface area contributed by atoms with Crippen LogP contribution in [0.25, 0.3) is 11.1 Å². The third-order valence-corrected chi connectivity index (χ3v) is 4.40. The Morgan fingerprint density at radius 1 is 1.04 bits per heavy atom. The lowest BCUT2D eigenvalue weighted by atomic mass is 10.0. The van der Waals surface area contributed by atoms with E-state index in [1.165, 1.54) is 24.3 Å². The lowest BCUT2D eigenvalue weighted by Gasteiger charge is -2.14. The second-order valence-electron chi connectivity index (χ2n) is 5.85. The van der Waals surface area contributed by atoms with Gasteiger partial charge in [0.05, 0.1) is 5.56 Å². The zero-order valence-corrected chi connectivity index (χ0v) is 16.0. The normalized spacial score (nSPS) is 10.8. The lowest BCUT2D eigenvalue weighted by molar-refractivity contribution is 0.0803. The molecule has 3 nitrogen and oxygen atoms in total. The van der Waals surface area contributed by atoms with E-state index < -0.39 is 24.8 Å². The third-order valence-electron chi connectivity index (χ3n) is 3.88. The number of rotatable bonds is 6. The van der Waals surface area contributed by atoms with Gasteiger partial charge < -0.3 is 10.1 Å². The predicted octanol–water partition coefficient (Wildman–Crippen LogP) is 6.15. The number of anilines is 1. The summed E-state index contributed by atoms with van der Waals surface area (Å²) < 4.78 is 45.1. The Morgan fingerprint density at radius 2 is 1.75 bits per heavy atom. The fraction of sp³-hybridized carbons (Fsp3) is 0.0952. The Morgan fingerprint density at radius 3 is 2.43 bits per heavy atom. The molecule has 0 atom stereocenters. The average molecular weight is 450 g/mol. The van der Waals surface area contributed by atoms with Crippen molar-refractivity contribution in [3.05, 3.63) is 82.6 Å². The van der Waals surface area contributed by atoms with Gasteiger partial charge in [0.1, 0.15) is 18.2 Å². The first kappa shape index (κ1) is 19.9. The van der Waals surface area contributed by atoms with Gasteiger partial charge in [-0.1, -0.05) is 40.2 Å². The quantitative estimate of drug-likeness (QED) is 0.489. The van der Waals surface area contributed by atoms with Crippen LogP contribution in [0.2, 0.25) is 0 Å². The third kappa shape index (κ3) is 4.92. The molecule has 0 spiro atoms. The van der Waals surface area contributed by atoms with E-state index in [2.05, 4.69) is 21.2 Å². The van der Waals surface area contributed by atoms with Crippen molar-refractivity contribution in [3.8, 4) is 16.9 Å². The number of benzene rings is 3. The van der Waals surface area contributed by atoms with Crippen molar-refractivity contribution in [2.45, 2.75) is 6.43 Å². The predicted molar refractivity (Wildman–Crippen MR) is 105 cm³/mol. The highest BCUT2D eigenvalue weighted by atomic mass is 79.9. The van der Waals surface area contributed by atoms with Gasteiger partial charge >= 0.3 is 0 Å². The largest absolute Gasteiger partial charge is 0.487 e. The zero-order valence-electron chi connectivity index (χ0n) is 14.5. The highest BCUT2D eigenvalue weighted by molar-refractivity contribution is 9.10. The van der Waals surface area contributed by atoms with Gasteiger partial charge in [0, 0.05) is 15.7 Å². The Bertz CT molecular complexity index is 978. The van der Waals surface area contributed by atoms with Crippen LogP contribution in [-0.4, -0.2) is 18.9 Å². The van der Waals surface area contributed by atoms with Crippen molar-refractivity contribution in [1.82, 2.24) is 0 Å². The Hall–Kier alpha value is -2.80. The molecule has 144 valence electrons. The van der Waals surface area contributed by atoms with Crippen LogP contribution in [-0.2, 0) is 0 Å². The number of nitrogens with one attached hydrogen (secondary N) is 1. The molecule has 0 saturated carbocycles. The summed E-state index contributed by atoms with van der Waals surface area (Å²) in [7, 11) is 0. The minimum Gasteiger partial charge on any atom is -0.487 e. The minimum atomic E-state index is -2.69. The van der Waals surface area contributed by atoms with Crippen LogP contribution < -0.4 is 10.1 Å². The molecule has 1 N–H and O–H groups in total. The second kappa shape index (κ2) is 8.93. The van der Waals surface area contributed by atoms with Gasteiger partial charge in [-0.2, -0.15) is 0 Å². The van der Waals surface area contributed by atoms with E-state index >= 15 is 0 Å². The van der Waals surface area contributed by atoms with Gasteiger partial charge in [-0.15, -0.1) is 0 Å². The summed E-state index contributed by atoms with van der Waals surface area (Å²) in [6.07, 6.45) is -2.69. The number of carbonyl (C=O) groups is 1. The maximum atomic E-state index is 14.1. The van der Waals surface area contributed by atoms with Crippen LogP contribution in [0.1, 0.15) is 10.4 Å². The molecule has 0 aliphatic carbocycles. The fourth-order valence-electron chi connectivity index (χ4n) is 2.58. The molecular weight excluding hydrogens is 435 g/mol. The van der Waals surface area contributed by atoms with Crippen molar-refractivity contribution in [1.29, 1.82) is 0 Å². The number of hydrogen-bond acceptors (Lipinski definition) is 2. The summed E-state index contributed by atoms with van der Waals surface area (Å²) in [4.78, 5) is 12.7. The Kier molecular flexibility index (Phi) is 6.36. The van der Waals surface area contributed by atoms with E-state index in [0.29, 0.717) is 16.8 Å². The Balaban J connectivity index is 1.96. The summed E-state index contributed by atoms with van der Waals surface area (Å²) in [6, 6.07) is 17.3. The van der Waals surface area contributed by atoms with Gasteiger partial charge in [-0.25, -0.2) is 13.2 Å². The number of halogens is 4. The molecule has 3 aromatic rings. The molecule has 28 heavy (non-hydrogen) atoms. The van der Waals surface area contributed by atoms with E-state index in [1.807, 2.05) is 0 Å². The zero-order chi connectivity index (χ0) is 20.1. The van der Waals surface area contributed by atoms with E-state index in [4.69, 9.17) is 4.74 Å². The van der Waals surface area contributed by atoms with Crippen molar-refractivity contribution < 1.29 is 22.7 Å². The van der Waals surface area contributed by atoms with Crippen LogP contribution in [0.3, 0.4) is 0 Å². The summed E-state index contributed by atoms with van der Waals surface area (Å²) in [5.74, 6) is -1.01. The molecule has 0 aliphatic rings. The fourth-order valence-corrected chi connectivity index (χ4v) is 2.84. The topological polar surface area (TPSA) is 38.3 Å². The van der Waals surface area contributed by atoms with Crippen LogP contribution >= 0.6 is 15.9 Å². The monoisotopic (exact) mass is 449 g/mol. The molecule has 1 amide bonds. The smallest absolute Gasteiger partial charge is 0.272 e. The molecule has 0 aliphatic heterocycles. The molecule has 0 heterocycles. The van der Waals surface area contributed by atoms with Crippen molar-refractivity contribution in [3.63, 3.8) is 0 Å². The van der Waals surface area contributed by atoms with Gasteiger partial charge in [-0.05, 0) is 48.0 Å². The number of ether oxygens (including phenoxy) is 1. The first-order valence-corrected chi connectivity index (χ1v) is 9.10. The second-order valence-corrected chi connectivity index (χ2v) is 6.77. The molecule has 3 aromatic carbocycles. The van der Waals surface area contributed by atoms with Crippen LogP contribution in [0, 0.1) is 5.82 Å². The van der Waals surface area contributed by atoms with E-state index in [9.17, 15) is 18.0 Å². The lowest BCUT2D eigenvalue weighted by Crippen LogP contribution is -2.15. The molecule has 0 aromatic heterocycles. The van der Waals surface area contributed by atoms with Gasteiger partial charge in [0.2, 0.25) is 0 Å². The van der Waals surface area contributed by atoms with Crippen LogP contribution in [0.5, 0.6) is 5.75 Å². The highest BCUT2D eigenvalue weighted by Gasteiger charge is 2.17. The molecule has 0 radical (unpaired) electrons. The van der Waals surface area contributed by atoms with E-state index in [-0.39, 0.29) is 11.3 Å². The first-order chi connectivity index (χ1) is 13.4. The summed E-state index contributed by atoms with van der Waals surface area (Å²) in [5, 5.41) is 2.69. The van der Waals surface area contributed by atoms with E-state index in [0.717, 1.165) is 4.47 Å². The number of carbonyl (C=O) groups excluding carboxylic acids is 1. The minimum absolute atomic E-state index is 0.00463. The van der Waals surface area contributed by atoms with Crippen molar-refractivity contribution in [2.75, 3.05) is 11.9 Å². The van der Waals surface area contributed by atoms with E-state index in [1.54, 1.807) is 42.5 Å². The summed E-state index contributed by atoms with van der Waals surface area (Å²) in [5.41, 5.74) is 1.28. The number of hydrogen-bond donors (Lipinski definition) is 1. The molecule has 3 rings (SSSR count). The first-order valence-electron chi connectivity index (χ1n) is 8.31. The number of alkyl halides is 2. The molecule has 7 heteroatoms. The standard InChI is InChI=1S/C21H15BrF3NO2/c22-14-6-8-15(9-7-14)26-21(27)17-11-13(16-3-1-2-4-18(16)23)5-10-19(17)28-12-20(24)25/h1-11,20H,12H2,(H,26,27). The molecule has 0 fully saturated rings. The number of amides is 1. The molecule has 0 bridgehead atoms. The SMILES string of the molecule is O=C(Nc1ccc(Br)cc1)c1cc(-c2ccccc2F)ccc1OCC(F)F. The summed E-state index contributed by atoms with van der Waals surface area (Å²) in [6.45, 7) is -0.850. The van der Waals surface area contributed by atoms with Gasteiger partial charge in [0.15, 0.2) is 0 Å². The average Bonchev–Trinajstić information content (AvgIpc) is 2.68. The highest BCUT2D eigenvalue weighted by Crippen LogP contribution is 2.29. The van der Waals surface area contributed by atoms with Crippen LogP contribution in [0.4, 0.5) is 18.9 Å². The summed E-state index contributed by atoms with van der Waals surface area (Å²) >= 11 is 3.31. The van der Waals surface area contributed by atoms with Gasteiger partial charge in [0.25, 0.3) is 12.3 Å². The molecule has 0 unspecified atom stereocenters. The molecular formula is C21H15BrF3NO2. The van der Waals surface area contributed by atoms with Gasteiger partial charge in [-0.3, -0.25) is 4.79 Å². The Labute approximate surface area is 168 Å². The maximum absolute atomic E-state index is 14.1. The maximum Gasteiger partial charge on any atom is 0.272 e. The van der Waals surface area contributed by atoms with Crippen molar-refractivity contribution >= 4 is 27.5 Å². The molecule has 0 saturated heterocycles.